The molecule has 0 radical (unpaired) electrons. The van der Waals surface area contributed by atoms with Crippen molar-refractivity contribution in [1.82, 2.24) is 10.2 Å². The first kappa shape index (κ1) is 10.1. The van der Waals surface area contributed by atoms with Crippen LogP contribution < -0.4 is 5.32 Å². The summed E-state index contributed by atoms with van der Waals surface area (Å²) >= 11 is 0. The standard InChI is InChI=1S/C13H24N2/c1-9-8-15(10(2)7-14-9)13-6-11-3-4-12(13)5-11/h9-14H,3-8H2,1-2H3. The Bertz CT molecular complexity index is 241. The van der Waals surface area contributed by atoms with Crippen molar-refractivity contribution in [3.8, 4) is 0 Å². The third kappa shape index (κ3) is 1.72. The molecule has 5 unspecified atom stereocenters. The van der Waals surface area contributed by atoms with Gasteiger partial charge in [0.2, 0.25) is 0 Å². The third-order valence-corrected chi connectivity index (χ3v) is 4.94. The fourth-order valence-electron chi connectivity index (χ4n) is 4.13. The van der Waals surface area contributed by atoms with E-state index in [0.29, 0.717) is 6.04 Å². The second-order valence-corrected chi connectivity index (χ2v) is 6.10. The van der Waals surface area contributed by atoms with Crippen LogP contribution in [-0.2, 0) is 0 Å². The van der Waals surface area contributed by atoms with E-state index in [1.54, 1.807) is 0 Å². The summed E-state index contributed by atoms with van der Waals surface area (Å²) in [7, 11) is 0. The molecule has 0 spiro atoms. The van der Waals surface area contributed by atoms with E-state index >= 15 is 0 Å². The molecule has 15 heavy (non-hydrogen) atoms. The van der Waals surface area contributed by atoms with Crippen LogP contribution in [0.3, 0.4) is 0 Å². The van der Waals surface area contributed by atoms with Crippen LogP contribution >= 0.6 is 0 Å². The van der Waals surface area contributed by atoms with Gasteiger partial charge in [-0.1, -0.05) is 6.42 Å². The number of fused-ring (bicyclic) bond motifs is 2. The van der Waals surface area contributed by atoms with Crippen LogP contribution in [-0.4, -0.2) is 36.1 Å². The van der Waals surface area contributed by atoms with E-state index in [0.717, 1.165) is 23.9 Å². The van der Waals surface area contributed by atoms with Gasteiger partial charge in [-0.15, -0.1) is 0 Å². The first-order valence-corrected chi connectivity index (χ1v) is 6.73. The van der Waals surface area contributed by atoms with Gasteiger partial charge >= 0.3 is 0 Å². The summed E-state index contributed by atoms with van der Waals surface area (Å²) in [4.78, 5) is 2.81. The van der Waals surface area contributed by atoms with E-state index in [1.807, 2.05) is 0 Å². The summed E-state index contributed by atoms with van der Waals surface area (Å²) in [5, 5.41) is 3.59. The van der Waals surface area contributed by atoms with E-state index in [-0.39, 0.29) is 0 Å². The lowest BCUT2D eigenvalue weighted by atomic mass is 9.92. The number of nitrogens with one attached hydrogen (secondary N) is 1. The summed E-state index contributed by atoms with van der Waals surface area (Å²) < 4.78 is 0. The Morgan fingerprint density at radius 2 is 2.00 bits per heavy atom. The lowest BCUT2D eigenvalue weighted by Crippen LogP contribution is -2.58. The SMILES string of the molecule is CC1CN(C2CC3CCC2C3)C(C)CN1. The average Bonchev–Trinajstić information content (AvgIpc) is 2.83. The van der Waals surface area contributed by atoms with Crippen molar-refractivity contribution in [2.24, 2.45) is 11.8 Å². The van der Waals surface area contributed by atoms with Gasteiger partial charge in [-0.2, -0.15) is 0 Å². The molecule has 3 aliphatic rings. The number of hydrogen-bond acceptors (Lipinski definition) is 2. The van der Waals surface area contributed by atoms with Gasteiger partial charge in [0.1, 0.15) is 0 Å². The molecule has 0 aromatic heterocycles. The Labute approximate surface area is 93.4 Å². The zero-order valence-corrected chi connectivity index (χ0v) is 10.1. The van der Waals surface area contributed by atoms with Gasteiger partial charge in [0.05, 0.1) is 0 Å². The van der Waals surface area contributed by atoms with Crippen LogP contribution in [0, 0.1) is 11.8 Å². The van der Waals surface area contributed by atoms with Gasteiger partial charge in [-0.05, 0) is 44.9 Å². The molecule has 1 aliphatic heterocycles. The van der Waals surface area contributed by atoms with Crippen molar-refractivity contribution in [1.29, 1.82) is 0 Å². The van der Waals surface area contributed by atoms with Crippen LogP contribution in [0.4, 0.5) is 0 Å². The minimum atomic E-state index is 0.695. The zero-order valence-electron chi connectivity index (χ0n) is 10.1. The Kier molecular flexibility index (Phi) is 2.52. The minimum Gasteiger partial charge on any atom is -0.311 e. The van der Waals surface area contributed by atoms with Crippen LogP contribution in [0.2, 0.25) is 0 Å². The van der Waals surface area contributed by atoms with Crippen molar-refractivity contribution >= 4 is 0 Å². The minimum absolute atomic E-state index is 0.695. The third-order valence-electron chi connectivity index (χ3n) is 4.94. The Morgan fingerprint density at radius 1 is 1.13 bits per heavy atom. The number of piperazine rings is 1. The van der Waals surface area contributed by atoms with Crippen molar-refractivity contribution in [2.75, 3.05) is 13.1 Å². The summed E-state index contributed by atoms with van der Waals surface area (Å²) in [6.45, 7) is 7.18. The van der Waals surface area contributed by atoms with Gasteiger partial charge in [0.25, 0.3) is 0 Å². The fourth-order valence-corrected chi connectivity index (χ4v) is 4.13. The maximum Gasteiger partial charge on any atom is 0.0196 e. The summed E-state index contributed by atoms with van der Waals surface area (Å²) in [5.74, 6) is 2.13. The molecule has 0 aromatic carbocycles. The Balaban J connectivity index is 1.70. The molecule has 3 rings (SSSR count). The van der Waals surface area contributed by atoms with Crippen molar-refractivity contribution < 1.29 is 0 Å². The fraction of sp³-hybridized carbons (Fsp3) is 1.00. The first-order chi connectivity index (χ1) is 7.24. The molecule has 2 bridgehead atoms. The average molecular weight is 208 g/mol. The van der Waals surface area contributed by atoms with Crippen molar-refractivity contribution in [3.05, 3.63) is 0 Å². The van der Waals surface area contributed by atoms with Gasteiger partial charge < -0.3 is 5.32 Å². The number of hydrogen-bond donors (Lipinski definition) is 1. The van der Waals surface area contributed by atoms with Crippen LogP contribution in [0.15, 0.2) is 0 Å². The van der Waals surface area contributed by atoms with E-state index in [2.05, 4.69) is 24.1 Å². The zero-order chi connectivity index (χ0) is 10.4. The highest BCUT2D eigenvalue weighted by molar-refractivity contribution is 4.98. The lowest BCUT2D eigenvalue weighted by molar-refractivity contribution is 0.0644. The molecule has 5 atom stereocenters. The topological polar surface area (TPSA) is 15.3 Å². The molecule has 86 valence electrons. The highest BCUT2D eigenvalue weighted by atomic mass is 15.3. The van der Waals surface area contributed by atoms with Gasteiger partial charge in [0, 0.05) is 31.2 Å². The lowest BCUT2D eigenvalue weighted by Gasteiger charge is -2.44. The smallest absolute Gasteiger partial charge is 0.0196 e. The quantitative estimate of drug-likeness (QED) is 0.707. The predicted molar refractivity (Wildman–Crippen MR) is 62.9 cm³/mol. The first-order valence-electron chi connectivity index (χ1n) is 6.73. The second-order valence-electron chi connectivity index (χ2n) is 6.10. The predicted octanol–water partition coefficient (Wildman–Crippen LogP) is 1.86. The second kappa shape index (κ2) is 3.74. The van der Waals surface area contributed by atoms with Crippen LogP contribution in [0.1, 0.15) is 39.5 Å². The molecule has 0 amide bonds. The summed E-state index contributed by atoms with van der Waals surface area (Å²) in [5.41, 5.74) is 0. The molecule has 2 aliphatic carbocycles. The molecule has 1 N–H and O–H groups in total. The molecule has 2 nitrogen and oxygen atoms in total. The molecular weight excluding hydrogens is 184 g/mol. The molecular formula is C13H24N2. The highest BCUT2D eigenvalue weighted by Gasteiger charge is 2.44. The van der Waals surface area contributed by atoms with Crippen LogP contribution in [0.25, 0.3) is 0 Å². The molecule has 1 heterocycles. The van der Waals surface area contributed by atoms with Gasteiger partial charge in [-0.25, -0.2) is 0 Å². The molecule has 1 saturated heterocycles. The monoisotopic (exact) mass is 208 g/mol. The number of nitrogens with zero attached hydrogens (tertiary/aromatic N) is 1. The normalized spacial score (nSPS) is 51.2. The van der Waals surface area contributed by atoms with Crippen molar-refractivity contribution in [3.63, 3.8) is 0 Å². The Morgan fingerprint density at radius 3 is 2.67 bits per heavy atom. The number of rotatable bonds is 1. The molecule has 3 fully saturated rings. The van der Waals surface area contributed by atoms with Gasteiger partial charge in [-0.3, -0.25) is 4.90 Å². The maximum atomic E-state index is 3.59. The summed E-state index contributed by atoms with van der Waals surface area (Å²) in [6.07, 6.45) is 6.08. The maximum absolute atomic E-state index is 3.59. The van der Waals surface area contributed by atoms with E-state index in [4.69, 9.17) is 0 Å². The van der Waals surface area contributed by atoms with Gasteiger partial charge in [0.15, 0.2) is 0 Å². The van der Waals surface area contributed by atoms with Crippen molar-refractivity contribution in [2.45, 2.75) is 57.7 Å². The highest BCUT2D eigenvalue weighted by Crippen LogP contribution is 2.47. The van der Waals surface area contributed by atoms with E-state index in [9.17, 15) is 0 Å². The summed E-state index contributed by atoms with van der Waals surface area (Å²) in [6, 6.07) is 2.38. The Hall–Kier alpha value is -0.0800. The molecule has 2 saturated carbocycles. The van der Waals surface area contributed by atoms with Crippen LogP contribution in [0.5, 0.6) is 0 Å². The largest absolute Gasteiger partial charge is 0.311 e. The van der Waals surface area contributed by atoms with E-state index in [1.165, 1.54) is 38.8 Å². The molecule has 0 aromatic rings. The van der Waals surface area contributed by atoms with E-state index < -0.39 is 0 Å². The molecule has 2 heteroatoms.